The summed E-state index contributed by atoms with van der Waals surface area (Å²) in [5.74, 6) is -2.92. The number of nitrogens with zero attached hydrogens (tertiary/aromatic N) is 1. The van der Waals surface area contributed by atoms with Gasteiger partial charge in [-0.05, 0) is 33.6 Å². The number of amides is 3. The van der Waals surface area contributed by atoms with Gasteiger partial charge in [-0.25, -0.2) is 0 Å². The van der Waals surface area contributed by atoms with Crippen molar-refractivity contribution < 1.29 is 28.7 Å². The van der Waals surface area contributed by atoms with E-state index in [1.807, 2.05) is 0 Å². The summed E-state index contributed by atoms with van der Waals surface area (Å²) >= 11 is 0. The fourth-order valence-electron chi connectivity index (χ4n) is 2.17. The van der Waals surface area contributed by atoms with Crippen LogP contribution in [0.4, 0.5) is 0 Å². The molecule has 0 aliphatic heterocycles. The summed E-state index contributed by atoms with van der Waals surface area (Å²) in [5, 5.41) is 4.80. The average molecular weight is 364 g/mol. The van der Waals surface area contributed by atoms with Gasteiger partial charge < -0.3 is 31.1 Å². The van der Waals surface area contributed by atoms with Crippen LogP contribution in [0.5, 0.6) is 0 Å². The fourth-order valence-corrected chi connectivity index (χ4v) is 2.80. The predicted molar refractivity (Wildman–Crippen MR) is 85.6 cm³/mol. The first-order chi connectivity index (χ1) is 11.0. The van der Waals surface area contributed by atoms with Gasteiger partial charge in [0, 0.05) is 6.04 Å². The van der Waals surface area contributed by atoms with E-state index < -0.39 is 43.2 Å². The minimum absolute atomic E-state index is 0.228. The van der Waals surface area contributed by atoms with Crippen LogP contribution in [0.1, 0.15) is 33.6 Å². The van der Waals surface area contributed by atoms with E-state index in [-0.39, 0.29) is 12.6 Å². The first-order valence-corrected chi connectivity index (χ1v) is 9.34. The second kappa shape index (κ2) is 8.06. The number of nitrogens with two attached hydrogens (primary N) is 1. The van der Waals surface area contributed by atoms with Crippen LogP contribution in [-0.2, 0) is 18.9 Å². The molecule has 1 saturated carbocycles. The van der Waals surface area contributed by atoms with E-state index in [0.717, 1.165) is 4.90 Å². The minimum Gasteiger partial charge on any atom is -0.343 e. The maximum Gasteiger partial charge on any atom is 0.347 e. The summed E-state index contributed by atoms with van der Waals surface area (Å²) in [5.41, 5.74) is 5.15. The quantitative estimate of drug-likeness (QED) is 0.326. The van der Waals surface area contributed by atoms with Gasteiger partial charge in [0.15, 0.2) is 0 Å². The Morgan fingerprint density at radius 1 is 1.17 bits per heavy atom. The van der Waals surface area contributed by atoms with Gasteiger partial charge in [-0.3, -0.25) is 18.9 Å². The Labute approximate surface area is 140 Å². The molecule has 0 aromatic rings. The van der Waals surface area contributed by atoms with Crippen molar-refractivity contribution in [2.24, 2.45) is 5.73 Å². The van der Waals surface area contributed by atoms with Crippen molar-refractivity contribution in [3.05, 3.63) is 0 Å². The molecule has 24 heavy (non-hydrogen) atoms. The van der Waals surface area contributed by atoms with E-state index >= 15 is 0 Å². The van der Waals surface area contributed by atoms with Crippen LogP contribution in [0.3, 0.4) is 0 Å². The molecule has 0 spiro atoms. The monoisotopic (exact) mass is 364 g/mol. The zero-order valence-electron chi connectivity index (χ0n) is 13.9. The normalized spacial score (nSPS) is 18.2. The van der Waals surface area contributed by atoms with Crippen LogP contribution in [0.25, 0.3) is 0 Å². The molecule has 0 aromatic heterocycles. The molecule has 3 atom stereocenters. The van der Waals surface area contributed by atoms with Crippen LogP contribution in [0.15, 0.2) is 0 Å². The van der Waals surface area contributed by atoms with Crippen molar-refractivity contribution in [1.29, 1.82) is 0 Å². The molecule has 11 heteroatoms. The molecule has 0 bridgehead atoms. The Bertz CT molecular complexity index is 547. The molecular weight excluding hydrogens is 339 g/mol. The Kier molecular flexibility index (Phi) is 6.91. The highest BCUT2D eigenvalue weighted by atomic mass is 31.2. The number of hydrogen-bond acceptors (Lipinski definition) is 5. The third kappa shape index (κ3) is 5.55. The van der Waals surface area contributed by atoms with Crippen molar-refractivity contribution in [3.8, 4) is 0 Å². The van der Waals surface area contributed by atoms with Crippen molar-refractivity contribution in [2.75, 3.05) is 6.54 Å². The van der Waals surface area contributed by atoms with E-state index in [0.29, 0.717) is 12.8 Å². The molecule has 1 rings (SSSR count). The minimum atomic E-state index is -4.48. The Balaban J connectivity index is 2.72. The van der Waals surface area contributed by atoms with Gasteiger partial charge in [-0.1, -0.05) is 0 Å². The van der Waals surface area contributed by atoms with E-state index in [1.165, 1.54) is 20.8 Å². The smallest absolute Gasteiger partial charge is 0.343 e. The molecule has 0 radical (unpaired) electrons. The molecule has 0 heterocycles. The van der Waals surface area contributed by atoms with E-state index in [1.54, 1.807) is 0 Å². The molecule has 0 unspecified atom stereocenters. The largest absolute Gasteiger partial charge is 0.347 e. The number of carbonyl (C=O) groups excluding carboxylic acids is 3. The van der Waals surface area contributed by atoms with Crippen LogP contribution < -0.4 is 16.4 Å². The first-order valence-electron chi connectivity index (χ1n) is 7.66. The van der Waals surface area contributed by atoms with Crippen molar-refractivity contribution >= 4 is 25.3 Å². The molecule has 1 fully saturated rings. The van der Waals surface area contributed by atoms with Crippen LogP contribution in [0, 0.1) is 0 Å². The van der Waals surface area contributed by atoms with Crippen LogP contribution >= 0.6 is 7.60 Å². The lowest BCUT2D eigenvalue weighted by Crippen LogP contribution is -2.54. The third-order valence-corrected chi connectivity index (χ3v) is 4.99. The van der Waals surface area contributed by atoms with E-state index in [9.17, 15) is 28.7 Å². The number of rotatable bonds is 8. The third-order valence-electron chi connectivity index (χ3n) is 3.77. The maximum atomic E-state index is 12.5. The summed E-state index contributed by atoms with van der Waals surface area (Å²) in [6, 6.07) is -2.09. The predicted octanol–water partition coefficient (Wildman–Crippen LogP) is -1.53. The Morgan fingerprint density at radius 3 is 2.12 bits per heavy atom. The van der Waals surface area contributed by atoms with E-state index in [2.05, 4.69) is 10.6 Å². The number of carbonyl (C=O) groups is 3. The zero-order chi connectivity index (χ0) is 18.7. The van der Waals surface area contributed by atoms with Gasteiger partial charge >= 0.3 is 7.60 Å². The number of hydrogen-bond donors (Lipinski definition) is 5. The lowest BCUT2D eigenvalue weighted by atomic mass is 10.2. The second-order valence-corrected chi connectivity index (χ2v) is 7.85. The molecule has 3 amide bonds. The Morgan fingerprint density at radius 2 is 1.71 bits per heavy atom. The van der Waals surface area contributed by atoms with Gasteiger partial charge in [0.1, 0.15) is 17.9 Å². The maximum absolute atomic E-state index is 12.5. The summed E-state index contributed by atoms with van der Waals surface area (Å²) < 4.78 is 11.5. The van der Waals surface area contributed by atoms with Crippen LogP contribution in [0.2, 0.25) is 0 Å². The molecule has 0 aromatic carbocycles. The van der Waals surface area contributed by atoms with Crippen molar-refractivity contribution in [3.63, 3.8) is 0 Å². The topological polar surface area (TPSA) is 162 Å². The van der Waals surface area contributed by atoms with Crippen molar-refractivity contribution in [2.45, 2.75) is 57.5 Å². The molecule has 1 aliphatic carbocycles. The average Bonchev–Trinajstić information content (AvgIpc) is 3.30. The Hall–Kier alpha value is -1.48. The van der Waals surface area contributed by atoms with Crippen molar-refractivity contribution in [1.82, 2.24) is 15.5 Å². The highest BCUT2D eigenvalue weighted by Gasteiger charge is 2.43. The summed E-state index contributed by atoms with van der Waals surface area (Å²) in [4.78, 5) is 55.5. The molecule has 6 N–H and O–H groups in total. The standard InChI is InChI=1S/C13H25N4O6P/c1-7(15-11(18)6-14)12(19)16-8(2)13(20)17(10-4-5-10)9(3)24(21,22)23/h7-10H,4-6,14H2,1-3H3,(H,15,18)(H,16,19)(H2,21,22,23)/t7-,8-,9+/m0/s1. The molecule has 10 nitrogen and oxygen atoms in total. The highest BCUT2D eigenvalue weighted by Crippen LogP contribution is 2.46. The van der Waals surface area contributed by atoms with Gasteiger partial charge in [0.25, 0.3) is 0 Å². The van der Waals surface area contributed by atoms with Gasteiger partial charge in [-0.2, -0.15) is 0 Å². The molecule has 138 valence electrons. The number of nitrogens with one attached hydrogen (secondary N) is 2. The fraction of sp³-hybridized carbons (Fsp3) is 0.769. The van der Waals surface area contributed by atoms with Gasteiger partial charge in [0.2, 0.25) is 17.7 Å². The van der Waals surface area contributed by atoms with E-state index in [4.69, 9.17) is 5.73 Å². The highest BCUT2D eigenvalue weighted by molar-refractivity contribution is 7.52. The summed E-state index contributed by atoms with van der Waals surface area (Å²) in [7, 11) is -4.48. The summed E-state index contributed by atoms with van der Waals surface area (Å²) in [6.07, 6.45) is 1.33. The molecule has 1 aliphatic rings. The lowest BCUT2D eigenvalue weighted by Gasteiger charge is -2.32. The van der Waals surface area contributed by atoms with Gasteiger partial charge in [-0.15, -0.1) is 0 Å². The van der Waals surface area contributed by atoms with Gasteiger partial charge in [0.05, 0.1) is 6.54 Å². The first kappa shape index (κ1) is 20.6. The zero-order valence-corrected chi connectivity index (χ0v) is 14.8. The SMILES string of the molecule is C[C@H](NC(=O)CN)C(=O)N[C@@H](C)C(=O)N(C1CC1)[C@@H](C)P(=O)(O)O. The molecule has 0 saturated heterocycles. The van der Waals surface area contributed by atoms with Crippen LogP contribution in [-0.4, -0.2) is 62.9 Å². The molecular formula is C13H25N4O6P. The summed E-state index contributed by atoms with van der Waals surface area (Å²) in [6.45, 7) is 3.90. The lowest BCUT2D eigenvalue weighted by molar-refractivity contribution is -0.137. The second-order valence-electron chi connectivity index (χ2n) is 5.92.